The van der Waals surface area contributed by atoms with E-state index in [1.807, 2.05) is 30.3 Å². The third-order valence-corrected chi connectivity index (χ3v) is 4.17. The van der Waals surface area contributed by atoms with Crippen molar-refractivity contribution in [1.29, 1.82) is 0 Å². The standard InChI is InChI=1S/C15H13F3N4O/c16-10-6-11(9-4-2-1-3-5-9)22-13(10)19-12(20-22)14(23)21-7-15(17,18)8-21/h1-5,10-11H,6-8H2. The van der Waals surface area contributed by atoms with Crippen molar-refractivity contribution in [2.45, 2.75) is 24.6 Å². The Morgan fingerprint density at radius 2 is 1.91 bits per heavy atom. The number of carbonyl (C=O) groups is 1. The van der Waals surface area contributed by atoms with Crippen LogP contribution >= 0.6 is 0 Å². The molecule has 120 valence electrons. The Morgan fingerprint density at radius 3 is 2.57 bits per heavy atom. The number of likely N-dealkylation sites (tertiary alicyclic amines) is 1. The normalized spacial score (nSPS) is 25.1. The molecule has 1 aromatic heterocycles. The molecule has 1 fully saturated rings. The van der Waals surface area contributed by atoms with Gasteiger partial charge in [-0.1, -0.05) is 30.3 Å². The molecule has 0 aliphatic carbocycles. The predicted octanol–water partition coefficient (Wildman–Crippen LogP) is 2.37. The van der Waals surface area contributed by atoms with Crippen LogP contribution in [0.3, 0.4) is 0 Å². The molecule has 3 heterocycles. The topological polar surface area (TPSA) is 51.0 Å². The van der Waals surface area contributed by atoms with E-state index in [1.54, 1.807) is 0 Å². The van der Waals surface area contributed by atoms with Gasteiger partial charge in [-0.05, 0) is 5.56 Å². The first-order chi connectivity index (χ1) is 10.9. The Bertz CT molecular complexity index is 753. The summed E-state index contributed by atoms with van der Waals surface area (Å²) in [6, 6.07) is 8.90. The summed E-state index contributed by atoms with van der Waals surface area (Å²) in [4.78, 5) is 17.0. The molecule has 2 unspecified atom stereocenters. The van der Waals surface area contributed by atoms with Crippen LogP contribution in [0.25, 0.3) is 0 Å². The number of aromatic nitrogens is 3. The highest BCUT2D eigenvalue weighted by Crippen LogP contribution is 2.39. The molecular weight excluding hydrogens is 309 g/mol. The zero-order valence-corrected chi connectivity index (χ0v) is 12.0. The first-order valence-corrected chi connectivity index (χ1v) is 7.27. The molecule has 0 bridgehead atoms. The summed E-state index contributed by atoms with van der Waals surface area (Å²) in [5, 5.41) is 4.08. The molecule has 0 radical (unpaired) electrons. The van der Waals surface area contributed by atoms with Gasteiger partial charge >= 0.3 is 0 Å². The van der Waals surface area contributed by atoms with Crippen molar-refractivity contribution in [3.8, 4) is 0 Å². The number of nitrogens with zero attached hydrogens (tertiary/aromatic N) is 4. The van der Waals surface area contributed by atoms with E-state index in [0.29, 0.717) is 0 Å². The third-order valence-electron chi connectivity index (χ3n) is 4.17. The Morgan fingerprint density at radius 1 is 1.22 bits per heavy atom. The predicted molar refractivity (Wildman–Crippen MR) is 73.9 cm³/mol. The van der Waals surface area contributed by atoms with Gasteiger partial charge in [0.15, 0.2) is 12.0 Å². The van der Waals surface area contributed by atoms with Crippen LogP contribution in [0.4, 0.5) is 13.2 Å². The smallest absolute Gasteiger partial charge is 0.293 e. The van der Waals surface area contributed by atoms with Crippen LogP contribution in [0, 0.1) is 0 Å². The van der Waals surface area contributed by atoms with E-state index in [9.17, 15) is 18.0 Å². The van der Waals surface area contributed by atoms with Crippen LogP contribution in [-0.4, -0.2) is 44.6 Å². The van der Waals surface area contributed by atoms with Crippen LogP contribution < -0.4 is 0 Å². The average Bonchev–Trinajstić information content (AvgIpc) is 3.06. The number of halogens is 3. The lowest BCUT2D eigenvalue weighted by Gasteiger charge is -2.37. The van der Waals surface area contributed by atoms with Gasteiger partial charge in [-0.3, -0.25) is 4.79 Å². The van der Waals surface area contributed by atoms with Gasteiger partial charge in [0.2, 0.25) is 5.82 Å². The number of fused-ring (bicyclic) bond motifs is 1. The lowest BCUT2D eigenvalue weighted by atomic mass is 10.0. The minimum Gasteiger partial charge on any atom is -0.324 e. The number of benzene rings is 1. The summed E-state index contributed by atoms with van der Waals surface area (Å²) in [6.07, 6.45) is -1.12. The molecule has 8 heteroatoms. The number of hydrogen-bond donors (Lipinski definition) is 0. The molecule has 1 amide bonds. The van der Waals surface area contributed by atoms with Crippen LogP contribution in [0.1, 0.15) is 40.6 Å². The summed E-state index contributed by atoms with van der Waals surface area (Å²) in [6.45, 7) is -1.28. The van der Waals surface area contributed by atoms with Crippen molar-refractivity contribution in [1.82, 2.24) is 19.7 Å². The van der Waals surface area contributed by atoms with Crippen LogP contribution in [-0.2, 0) is 0 Å². The molecule has 0 spiro atoms. The van der Waals surface area contributed by atoms with Gasteiger partial charge in [-0.15, -0.1) is 5.10 Å². The average molecular weight is 322 g/mol. The monoisotopic (exact) mass is 322 g/mol. The molecule has 0 N–H and O–H groups in total. The van der Waals surface area contributed by atoms with Crippen molar-refractivity contribution >= 4 is 5.91 Å². The number of amides is 1. The lowest BCUT2D eigenvalue weighted by molar-refractivity contribution is -0.113. The third kappa shape index (κ3) is 2.29. The molecule has 1 aromatic carbocycles. The SMILES string of the molecule is O=C(c1nc2n(n1)C(c1ccccc1)CC2F)N1CC(F)(F)C1. The highest BCUT2D eigenvalue weighted by Gasteiger charge is 2.48. The van der Waals surface area contributed by atoms with Crippen molar-refractivity contribution < 1.29 is 18.0 Å². The maximum atomic E-state index is 14.2. The van der Waals surface area contributed by atoms with Gasteiger partial charge in [-0.2, -0.15) is 0 Å². The van der Waals surface area contributed by atoms with Gasteiger partial charge in [0.25, 0.3) is 11.8 Å². The Balaban J connectivity index is 1.62. The summed E-state index contributed by atoms with van der Waals surface area (Å²) in [5.41, 5.74) is 0.869. The number of alkyl halides is 3. The van der Waals surface area contributed by atoms with Gasteiger partial charge in [0.1, 0.15) is 0 Å². The maximum Gasteiger partial charge on any atom is 0.293 e. The van der Waals surface area contributed by atoms with Gasteiger partial charge in [-0.25, -0.2) is 22.8 Å². The Hall–Kier alpha value is -2.38. The number of hydrogen-bond acceptors (Lipinski definition) is 3. The van der Waals surface area contributed by atoms with Crippen LogP contribution in [0.2, 0.25) is 0 Å². The fourth-order valence-electron chi connectivity index (χ4n) is 3.02. The summed E-state index contributed by atoms with van der Waals surface area (Å²) in [7, 11) is 0. The van der Waals surface area contributed by atoms with E-state index in [2.05, 4.69) is 10.1 Å². The van der Waals surface area contributed by atoms with E-state index in [-0.39, 0.29) is 24.1 Å². The number of carbonyl (C=O) groups excluding carboxylic acids is 1. The first kappa shape index (κ1) is 14.2. The zero-order chi connectivity index (χ0) is 16.2. The van der Waals surface area contributed by atoms with E-state index >= 15 is 0 Å². The second-order valence-electron chi connectivity index (χ2n) is 5.89. The molecule has 23 heavy (non-hydrogen) atoms. The van der Waals surface area contributed by atoms with Gasteiger partial charge in [0, 0.05) is 6.42 Å². The van der Waals surface area contributed by atoms with E-state index in [1.165, 1.54) is 4.68 Å². The fraction of sp³-hybridized carbons (Fsp3) is 0.400. The molecule has 4 rings (SSSR count). The highest BCUT2D eigenvalue weighted by molar-refractivity contribution is 5.91. The molecule has 2 aromatic rings. The lowest BCUT2D eigenvalue weighted by Crippen LogP contribution is -2.58. The van der Waals surface area contributed by atoms with Gasteiger partial charge in [0.05, 0.1) is 19.1 Å². The summed E-state index contributed by atoms with van der Waals surface area (Å²) < 4.78 is 41.3. The maximum absolute atomic E-state index is 14.2. The van der Waals surface area contributed by atoms with Crippen molar-refractivity contribution in [3.05, 3.63) is 47.5 Å². The minimum absolute atomic E-state index is 0.0782. The second-order valence-corrected chi connectivity index (χ2v) is 5.89. The largest absolute Gasteiger partial charge is 0.324 e. The molecule has 0 saturated carbocycles. The van der Waals surface area contributed by atoms with Crippen molar-refractivity contribution in [3.63, 3.8) is 0 Å². The molecule has 2 atom stereocenters. The van der Waals surface area contributed by atoms with Crippen molar-refractivity contribution in [2.24, 2.45) is 0 Å². The fourth-order valence-corrected chi connectivity index (χ4v) is 3.02. The highest BCUT2D eigenvalue weighted by atomic mass is 19.3. The van der Waals surface area contributed by atoms with Crippen molar-refractivity contribution in [2.75, 3.05) is 13.1 Å². The summed E-state index contributed by atoms with van der Waals surface area (Å²) in [5.74, 6) is -3.68. The molecule has 2 aliphatic heterocycles. The Kier molecular flexibility index (Phi) is 2.97. The van der Waals surface area contributed by atoms with E-state index in [4.69, 9.17) is 0 Å². The Labute approximate surface area is 129 Å². The van der Waals surface area contributed by atoms with E-state index in [0.717, 1.165) is 10.5 Å². The molecule has 1 saturated heterocycles. The number of rotatable bonds is 2. The second kappa shape index (κ2) is 4.81. The molecular formula is C15H13F3N4O. The van der Waals surface area contributed by atoms with Crippen LogP contribution in [0.5, 0.6) is 0 Å². The molecule has 5 nitrogen and oxygen atoms in total. The molecule has 2 aliphatic rings. The quantitative estimate of drug-likeness (QED) is 0.853. The van der Waals surface area contributed by atoms with E-state index < -0.39 is 31.1 Å². The first-order valence-electron chi connectivity index (χ1n) is 7.27. The van der Waals surface area contributed by atoms with Gasteiger partial charge < -0.3 is 4.90 Å². The summed E-state index contributed by atoms with van der Waals surface area (Å²) >= 11 is 0. The van der Waals surface area contributed by atoms with Crippen LogP contribution in [0.15, 0.2) is 30.3 Å². The zero-order valence-electron chi connectivity index (χ0n) is 12.0. The minimum atomic E-state index is -2.85.